The van der Waals surface area contributed by atoms with Gasteiger partial charge in [-0.3, -0.25) is 0 Å². The summed E-state index contributed by atoms with van der Waals surface area (Å²) in [6.07, 6.45) is 0. The molecule has 0 saturated heterocycles. The first-order valence-corrected chi connectivity index (χ1v) is 8.40. The first-order valence-electron chi connectivity index (χ1n) is 6.03. The van der Waals surface area contributed by atoms with Crippen molar-refractivity contribution in [1.82, 2.24) is 4.72 Å². The number of sulfonamides is 1. The van der Waals surface area contributed by atoms with Crippen molar-refractivity contribution in [2.24, 2.45) is 0 Å². The van der Waals surface area contributed by atoms with E-state index >= 15 is 0 Å². The number of benzene rings is 1. The number of fused-ring (bicyclic) bond motifs is 1. The third-order valence-corrected chi connectivity index (χ3v) is 5.80. The number of nitrogens with one attached hydrogen (secondary N) is 1. The van der Waals surface area contributed by atoms with Gasteiger partial charge >= 0.3 is 5.97 Å². The Labute approximate surface area is 126 Å². The Bertz CT molecular complexity index is 768. The lowest BCUT2D eigenvalue weighted by Crippen LogP contribution is -2.55. The molecule has 1 aromatic heterocycles. The number of aliphatic hydroxyl groups excluding tert-OH is 1. The van der Waals surface area contributed by atoms with Crippen LogP contribution in [0.2, 0.25) is 0 Å². The number of carbonyl (C=O) groups is 1. The summed E-state index contributed by atoms with van der Waals surface area (Å²) < 4.78 is 32.5. The van der Waals surface area contributed by atoms with E-state index in [1.807, 2.05) is 12.1 Å². The van der Waals surface area contributed by atoms with Crippen LogP contribution < -0.4 is 4.72 Å². The smallest absolute Gasteiger partial charge is 0.329 e. The van der Waals surface area contributed by atoms with Gasteiger partial charge in [-0.2, -0.15) is 4.72 Å². The Morgan fingerprint density at radius 3 is 2.71 bits per heavy atom. The number of carbonyl (C=O) groups excluding carboxylic acids is 1. The van der Waals surface area contributed by atoms with Gasteiger partial charge in [-0.05, 0) is 13.0 Å². The molecule has 6 nitrogen and oxygen atoms in total. The van der Waals surface area contributed by atoms with Gasteiger partial charge in [-0.1, -0.05) is 18.2 Å². The van der Waals surface area contributed by atoms with Crippen molar-refractivity contribution in [2.75, 3.05) is 13.7 Å². The minimum Gasteiger partial charge on any atom is -0.468 e. The van der Waals surface area contributed by atoms with Crippen LogP contribution >= 0.6 is 11.3 Å². The Hall–Kier alpha value is -1.48. The molecule has 0 amide bonds. The van der Waals surface area contributed by atoms with E-state index in [2.05, 4.69) is 9.46 Å². The second-order valence-corrected chi connectivity index (χ2v) is 7.25. The molecule has 0 aliphatic carbocycles. The number of methoxy groups -OCH3 is 1. The van der Waals surface area contributed by atoms with E-state index in [1.165, 1.54) is 23.6 Å². The maximum absolute atomic E-state index is 12.5. The van der Waals surface area contributed by atoms with Gasteiger partial charge in [0, 0.05) is 15.5 Å². The van der Waals surface area contributed by atoms with Gasteiger partial charge in [0.15, 0.2) is 5.54 Å². The molecule has 1 aromatic carbocycles. The highest BCUT2D eigenvalue weighted by Gasteiger charge is 2.39. The number of hydrogen-bond donors (Lipinski definition) is 2. The summed E-state index contributed by atoms with van der Waals surface area (Å²) in [5.41, 5.74) is -1.73. The number of aliphatic hydroxyl groups is 1. The highest BCUT2D eigenvalue weighted by Crippen LogP contribution is 2.29. The van der Waals surface area contributed by atoms with Crippen molar-refractivity contribution in [2.45, 2.75) is 17.4 Å². The fourth-order valence-corrected chi connectivity index (χ4v) is 4.73. The maximum Gasteiger partial charge on any atom is 0.329 e. The zero-order chi connectivity index (χ0) is 15.7. The second kappa shape index (κ2) is 5.72. The summed E-state index contributed by atoms with van der Waals surface area (Å²) in [4.78, 5) is 11.7. The average Bonchev–Trinajstić information content (AvgIpc) is 2.90. The van der Waals surface area contributed by atoms with E-state index in [9.17, 15) is 18.3 Å². The molecule has 0 saturated carbocycles. The fourth-order valence-electron chi connectivity index (χ4n) is 1.88. The maximum atomic E-state index is 12.5. The van der Waals surface area contributed by atoms with Gasteiger partial charge in [0.05, 0.1) is 13.7 Å². The van der Waals surface area contributed by atoms with Gasteiger partial charge in [-0.15, -0.1) is 11.3 Å². The van der Waals surface area contributed by atoms with Gasteiger partial charge in [0.25, 0.3) is 0 Å². The van der Waals surface area contributed by atoms with Crippen molar-refractivity contribution in [3.05, 3.63) is 29.6 Å². The van der Waals surface area contributed by atoms with E-state index < -0.39 is 28.1 Å². The standard InChI is InChI=1S/C13H15NO5S2/c1-13(8-15,12(16)19-2)14-21(17,18)11-7-20-10-6-4-3-5-9(10)11/h3-7,14-15H,8H2,1-2H3/t13-/m0/s1. The average molecular weight is 329 g/mol. The fraction of sp³-hybridized carbons (Fsp3) is 0.308. The first kappa shape index (κ1) is 15.9. The number of thiophene rings is 1. The predicted molar refractivity (Wildman–Crippen MR) is 79.7 cm³/mol. The van der Waals surface area contributed by atoms with Crippen LogP contribution in [0.1, 0.15) is 6.92 Å². The number of ether oxygens (including phenoxy) is 1. The minimum atomic E-state index is -3.97. The Kier molecular flexibility index (Phi) is 4.33. The third kappa shape index (κ3) is 2.93. The summed E-state index contributed by atoms with van der Waals surface area (Å²) in [6, 6.07) is 7.05. The molecule has 0 aliphatic rings. The molecule has 0 aliphatic heterocycles. The highest BCUT2D eigenvalue weighted by molar-refractivity contribution is 7.90. The quantitative estimate of drug-likeness (QED) is 0.802. The summed E-state index contributed by atoms with van der Waals surface area (Å²) in [6.45, 7) is 0.561. The lowest BCUT2D eigenvalue weighted by atomic mass is 10.1. The van der Waals surface area contributed by atoms with Gasteiger partial charge in [-0.25, -0.2) is 13.2 Å². The molecule has 114 valence electrons. The van der Waals surface area contributed by atoms with Crippen molar-refractivity contribution >= 4 is 37.4 Å². The van der Waals surface area contributed by atoms with Crippen LogP contribution in [0.4, 0.5) is 0 Å². The largest absolute Gasteiger partial charge is 0.468 e. The van der Waals surface area contributed by atoms with Gasteiger partial charge in [0.1, 0.15) is 4.90 Å². The molecule has 0 bridgehead atoms. The van der Waals surface area contributed by atoms with Crippen molar-refractivity contribution < 1.29 is 23.1 Å². The summed E-state index contributed by atoms with van der Waals surface area (Å²) in [7, 11) is -2.84. The molecule has 8 heteroatoms. The summed E-state index contributed by atoms with van der Waals surface area (Å²) in [5.74, 6) is -0.854. The molecule has 0 fully saturated rings. The zero-order valence-corrected chi connectivity index (χ0v) is 13.1. The SMILES string of the molecule is COC(=O)[C@](C)(CO)NS(=O)(=O)c1csc2ccccc12. The number of rotatable bonds is 5. The molecule has 2 aromatic rings. The van der Waals surface area contributed by atoms with Crippen LogP contribution in [0.15, 0.2) is 34.5 Å². The van der Waals surface area contributed by atoms with Crippen LogP contribution in [0.3, 0.4) is 0 Å². The van der Waals surface area contributed by atoms with E-state index in [0.717, 1.165) is 11.8 Å². The molecule has 2 N–H and O–H groups in total. The van der Waals surface area contributed by atoms with Crippen LogP contribution in [-0.4, -0.2) is 38.7 Å². The van der Waals surface area contributed by atoms with E-state index in [-0.39, 0.29) is 4.90 Å². The molecular formula is C13H15NO5S2. The summed E-state index contributed by atoms with van der Waals surface area (Å²) >= 11 is 1.29. The Morgan fingerprint density at radius 1 is 1.43 bits per heavy atom. The van der Waals surface area contributed by atoms with E-state index in [0.29, 0.717) is 5.39 Å². The Morgan fingerprint density at radius 2 is 2.10 bits per heavy atom. The summed E-state index contributed by atoms with van der Waals surface area (Å²) in [5, 5.41) is 11.4. The topological polar surface area (TPSA) is 92.7 Å². The molecule has 0 unspecified atom stereocenters. The Balaban J connectivity index is 2.45. The normalized spacial score (nSPS) is 14.8. The lowest BCUT2D eigenvalue weighted by Gasteiger charge is -2.25. The van der Waals surface area contributed by atoms with Crippen LogP contribution in [0.5, 0.6) is 0 Å². The van der Waals surface area contributed by atoms with Gasteiger partial charge < -0.3 is 9.84 Å². The van der Waals surface area contributed by atoms with E-state index in [4.69, 9.17) is 0 Å². The number of esters is 1. The minimum absolute atomic E-state index is 0.0756. The lowest BCUT2D eigenvalue weighted by molar-refractivity contribution is -0.148. The van der Waals surface area contributed by atoms with Crippen molar-refractivity contribution in [3.63, 3.8) is 0 Å². The van der Waals surface area contributed by atoms with Crippen LogP contribution in [-0.2, 0) is 19.6 Å². The molecule has 2 rings (SSSR count). The highest BCUT2D eigenvalue weighted by atomic mass is 32.2. The molecule has 1 heterocycles. The monoisotopic (exact) mass is 329 g/mol. The molecular weight excluding hydrogens is 314 g/mol. The van der Waals surface area contributed by atoms with Gasteiger partial charge in [0.2, 0.25) is 10.0 Å². The molecule has 21 heavy (non-hydrogen) atoms. The molecule has 0 spiro atoms. The van der Waals surface area contributed by atoms with E-state index in [1.54, 1.807) is 12.1 Å². The third-order valence-electron chi connectivity index (χ3n) is 3.05. The first-order chi connectivity index (χ1) is 9.84. The van der Waals surface area contributed by atoms with Crippen molar-refractivity contribution in [1.29, 1.82) is 0 Å². The second-order valence-electron chi connectivity index (χ2n) is 4.68. The van der Waals surface area contributed by atoms with Crippen LogP contribution in [0.25, 0.3) is 10.1 Å². The predicted octanol–water partition coefficient (Wildman–Crippen LogP) is 1.10. The van der Waals surface area contributed by atoms with Crippen LogP contribution in [0, 0.1) is 0 Å². The number of hydrogen-bond acceptors (Lipinski definition) is 6. The molecule has 1 atom stereocenters. The van der Waals surface area contributed by atoms with Crippen molar-refractivity contribution in [3.8, 4) is 0 Å². The molecule has 0 radical (unpaired) electrons. The zero-order valence-electron chi connectivity index (χ0n) is 11.5.